The van der Waals surface area contributed by atoms with Gasteiger partial charge in [-0.3, -0.25) is 4.79 Å². The number of hydrogen-bond donors (Lipinski definition) is 2. The van der Waals surface area contributed by atoms with E-state index >= 15 is 0 Å². The lowest BCUT2D eigenvalue weighted by Crippen LogP contribution is -2.30. The molecule has 5 heteroatoms. The monoisotopic (exact) mass is 265 g/mol. The van der Waals surface area contributed by atoms with Gasteiger partial charge >= 0.3 is 5.97 Å². The molecule has 0 amide bonds. The molecule has 0 radical (unpaired) electrons. The van der Waals surface area contributed by atoms with Crippen LogP contribution in [0.3, 0.4) is 0 Å². The number of carboxylic acids is 1. The van der Waals surface area contributed by atoms with Gasteiger partial charge in [0.1, 0.15) is 11.5 Å². The van der Waals surface area contributed by atoms with E-state index in [0.717, 1.165) is 5.56 Å². The Morgan fingerprint density at radius 1 is 1.32 bits per heavy atom. The Morgan fingerprint density at radius 3 is 2.32 bits per heavy atom. The summed E-state index contributed by atoms with van der Waals surface area (Å²) in [4.78, 5) is 11.4. The molecule has 3 N–H and O–H groups in total. The van der Waals surface area contributed by atoms with E-state index in [0.29, 0.717) is 29.9 Å². The number of hydrogen-bond acceptors (Lipinski definition) is 4. The number of ether oxygens (including phenoxy) is 2. The lowest BCUT2D eigenvalue weighted by Gasteiger charge is -2.23. The summed E-state index contributed by atoms with van der Waals surface area (Å²) in [6, 6.07) is 3.02. The Bertz CT molecular complexity index is 508. The molecule has 0 spiro atoms. The van der Waals surface area contributed by atoms with Crippen LogP contribution in [0.2, 0.25) is 0 Å². The van der Waals surface area contributed by atoms with Gasteiger partial charge in [0.2, 0.25) is 0 Å². The molecule has 1 fully saturated rings. The molecule has 0 heterocycles. The second-order valence-electron chi connectivity index (χ2n) is 5.00. The minimum atomic E-state index is -0.854. The van der Waals surface area contributed by atoms with Gasteiger partial charge in [-0.2, -0.15) is 0 Å². The lowest BCUT2D eigenvalue weighted by atomic mass is 9.89. The SMILES string of the molecule is COc1cc(C(N)C2(C(=O)O)CC2)c(OC)cc1C. The van der Waals surface area contributed by atoms with Crippen LogP contribution < -0.4 is 15.2 Å². The fourth-order valence-corrected chi connectivity index (χ4v) is 2.41. The molecule has 1 saturated carbocycles. The summed E-state index contributed by atoms with van der Waals surface area (Å²) in [6.07, 6.45) is 1.20. The number of carbonyl (C=O) groups is 1. The van der Waals surface area contributed by atoms with E-state index in [1.54, 1.807) is 20.3 Å². The van der Waals surface area contributed by atoms with Crippen LogP contribution in [-0.2, 0) is 4.79 Å². The van der Waals surface area contributed by atoms with E-state index in [-0.39, 0.29) is 0 Å². The van der Waals surface area contributed by atoms with Crippen LogP contribution in [-0.4, -0.2) is 25.3 Å². The second kappa shape index (κ2) is 4.74. The quantitative estimate of drug-likeness (QED) is 0.849. The summed E-state index contributed by atoms with van der Waals surface area (Å²) in [5.74, 6) is 0.451. The molecule has 1 aliphatic rings. The Balaban J connectivity index is 2.46. The molecule has 0 bridgehead atoms. The number of aryl methyl sites for hydroxylation is 1. The van der Waals surface area contributed by atoms with Gasteiger partial charge in [0.05, 0.1) is 19.6 Å². The molecule has 1 aromatic rings. The van der Waals surface area contributed by atoms with E-state index in [1.165, 1.54) is 0 Å². The van der Waals surface area contributed by atoms with Crippen molar-refractivity contribution in [3.8, 4) is 11.5 Å². The predicted octanol–water partition coefficient (Wildman–Crippen LogP) is 1.88. The van der Waals surface area contributed by atoms with Crippen LogP contribution in [0.15, 0.2) is 12.1 Å². The van der Waals surface area contributed by atoms with Crippen molar-refractivity contribution in [2.24, 2.45) is 11.1 Å². The molecule has 1 unspecified atom stereocenters. The molecule has 5 nitrogen and oxygen atoms in total. The fraction of sp³-hybridized carbons (Fsp3) is 0.500. The number of methoxy groups -OCH3 is 2. The fourth-order valence-electron chi connectivity index (χ4n) is 2.41. The smallest absolute Gasteiger partial charge is 0.311 e. The topological polar surface area (TPSA) is 81.8 Å². The average Bonchev–Trinajstić information content (AvgIpc) is 3.19. The number of nitrogens with two attached hydrogens (primary N) is 1. The first-order valence-electron chi connectivity index (χ1n) is 6.17. The molecule has 1 atom stereocenters. The molecule has 104 valence electrons. The largest absolute Gasteiger partial charge is 0.496 e. The Labute approximate surface area is 112 Å². The van der Waals surface area contributed by atoms with E-state index in [2.05, 4.69) is 0 Å². The molecule has 2 rings (SSSR count). The van der Waals surface area contributed by atoms with Gasteiger partial charge in [-0.15, -0.1) is 0 Å². The number of aliphatic carboxylic acids is 1. The zero-order chi connectivity index (χ0) is 14.2. The summed E-state index contributed by atoms with van der Waals surface area (Å²) in [5.41, 5.74) is 6.93. The van der Waals surface area contributed by atoms with Crippen molar-refractivity contribution in [2.45, 2.75) is 25.8 Å². The maximum absolute atomic E-state index is 11.4. The van der Waals surface area contributed by atoms with Crippen LogP contribution >= 0.6 is 0 Å². The van der Waals surface area contributed by atoms with E-state index in [9.17, 15) is 9.90 Å². The normalized spacial score (nSPS) is 17.7. The van der Waals surface area contributed by atoms with Gasteiger partial charge in [-0.25, -0.2) is 0 Å². The van der Waals surface area contributed by atoms with Crippen molar-refractivity contribution >= 4 is 5.97 Å². The molecule has 1 aromatic carbocycles. The molecule has 1 aliphatic carbocycles. The first-order valence-corrected chi connectivity index (χ1v) is 6.17. The summed E-state index contributed by atoms with van der Waals surface area (Å²) >= 11 is 0. The van der Waals surface area contributed by atoms with Crippen molar-refractivity contribution in [3.05, 3.63) is 23.3 Å². The zero-order valence-electron chi connectivity index (χ0n) is 11.4. The van der Waals surface area contributed by atoms with Crippen LogP contribution in [0, 0.1) is 12.3 Å². The highest BCUT2D eigenvalue weighted by Crippen LogP contribution is 2.55. The number of carboxylic acid groups (broad SMARTS) is 1. The van der Waals surface area contributed by atoms with Gasteiger partial charge in [0.15, 0.2) is 0 Å². The van der Waals surface area contributed by atoms with Gasteiger partial charge < -0.3 is 20.3 Å². The standard InChI is InChI=1S/C14H19NO4/c1-8-6-11(19-3)9(7-10(8)18-2)12(15)14(4-5-14)13(16)17/h6-7,12H,4-5,15H2,1-3H3,(H,16,17). The van der Waals surface area contributed by atoms with Crippen molar-refractivity contribution in [3.63, 3.8) is 0 Å². The predicted molar refractivity (Wildman–Crippen MR) is 70.5 cm³/mol. The van der Waals surface area contributed by atoms with E-state index < -0.39 is 17.4 Å². The highest BCUT2D eigenvalue weighted by molar-refractivity contribution is 5.79. The van der Waals surface area contributed by atoms with E-state index in [1.807, 2.05) is 13.0 Å². The summed E-state index contributed by atoms with van der Waals surface area (Å²) < 4.78 is 10.6. The Hall–Kier alpha value is -1.75. The maximum atomic E-state index is 11.4. The molecule has 0 aliphatic heterocycles. The van der Waals surface area contributed by atoms with Crippen molar-refractivity contribution < 1.29 is 19.4 Å². The lowest BCUT2D eigenvalue weighted by molar-refractivity contribution is -0.144. The average molecular weight is 265 g/mol. The van der Waals surface area contributed by atoms with Crippen molar-refractivity contribution in [1.29, 1.82) is 0 Å². The first-order chi connectivity index (χ1) is 8.96. The van der Waals surface area contributed by atoms with Crippen LogP contribution in [0.4, 0.5) is 0 Å². The third-order valence-corrected chi connectivity index (χ3v) is 3.89. The van der Waals surface area contributed by atoms with Gasteiger partial charge in [-0.05, 0) is 37.5 Å². The molecular formula is C14H19NO4. The Morgan fingerprint density at radius 2 is 1.89 bits per heavy atom. The highest BCUT2D eigenvalue weighted by atomic mass is 16.5. The summed E-state index contributed by atoms with van der Waals surface area (Å²) in [6.45, 7) is 1.90. The summed E-state index contributed by atoms with van der Waals surface area (Å²) in [7, 11) is 3.13. The third kappa shape index (κ3) is 2.14. The van der Waals surface area contributed by atoms with E-state index in [4.69, 9.17) is 15.2 Å². The summed E-state index contributed by atoms with van der Waals surface area (Å²) in [5, 5.41) is 9.33. The first kappa shape index (κ1) is 13.7. The number of benzene rings is 1. The van der Waals surface area contributed by atoms with Gasteiger partial charge in [-0.1, -0.05) is 0 Å². The van der Waals surface area contributed by atoms with Crippen LogP contribution in [0.1, 0.15) is 30.0 Å². The second-order valence-corrected chi connectivity index (χ2v) is 5.00. The minimum absolute atomic E-state index is 0.588. The number of rotatable bonds is 5. The van der Waals surface area contributed by atoms with Crippen molar-refractivity contribution in [2.75, 3.05) is 14.2 Å². The Kier molecular flexibility index (Phi) is 3.41. The molecule has 0 saturated heterocycles. The van der Waals surface area contributed by atoms with Crippen molar-refractivity contribution in [1.82, 2.24) is 0 Å². The molecule has 19 heavy (non-hydrogen) atoms. The molecular weight excluding hydrogens is 246 g/mol. The molecule has 0 aromatic heterocycles. The zero-order valence-corrected chi connectivity index (χ0v) is 11.4. The van der Waals surface area contributed by atoms with Crippen LogP contribution in [0.5, 0.6) is 11.5 Å². The highest BCUT2D eigenvalue weighted by Gasteiger charge is 2.56. The third-order valence-electron chi connectivity index (χ3n) is 3.89. The van der Waals surface area contributed by atoms with Gasteiger partial charge in [0.25, 0.3) is 0 Å². The van der Waals surface area contributed by atoms with Crippen LogP contribution in [0.25, 0.3) is 0 Å². The maximum Gasteiger partial charge on any atom is 0.311 e. The minimum Gasteiger partial charge on any atom is -0.496 e. The van der Waals surface area contributed by atoms with Gasteiger partial charge in [0, 0.05) is 11.6 Å².